The molecule has 0 spiro atoms. The molecule has 0 bridgehead atoms. The zero-order chi connectivity index (χ0) is 18.8. The highest BCUT2D eigenvalue weighted by Gasteiger charge is 2.34. The Labute approximate surface area is 166 Å². The number of H-pyrrole nitrogens is 1. The van der Waals surface area contributed by atoms with Gasteiger partial charge >= 0.3 is 0 Å². The van der Waals surface area contributed by atoms with E-state index in [0.717, 1.165) is 27.2 Å². The van der Waals surface area contributed by atoms with Crippen LogP contribution in [0.15, 0.2) is 56.1 Å². The van der Waals surface area contributed by atoms with Gasteiger partial charge in [0, 0.05) is 17.4 Å². The van der Waals surface area contributed by atoms with E-state index in [9.17, 15) is 9.59 Å². The lowest BCUT2D eigenvalue weighted by molar-refractivity contribution is -0.130. The van der Waals surface area contributed by atoms with E-state index in [0.29, 0.717) is 11.6 Å². The number of hydrogen-bond acceptors (Lipinski definition) is 8. The molecule has 1 aliphatic heterocycles. The van der Waals surface area contributed by atoms with E-state index in [1.165, 1.54) is 6.07 Å². The van der Waals surface area contributed by atoms with Gasteiger partial charge in [-0.25, -0.2) is 9.99 Å². The highest BCUT2D eigenvalue weighted by Crippen LogP contribution is 2.36. The number of amides is 1. The molecule has 4 rings (SSSR count). The number of anilines is 1. The summed E-state index contributed by atoms with van der Waals surface area (Å²) in [4.78, 5) is 33.1. The average molecular weight is 418 g/mol. The fourth-order valence-electron chi connectivity index (χ4n) is 2.75. The van der Waals surface area contributed by atoms with Crippen molar-refractivity contribution >= 4 is 51.9 Å². The lowest BCUT2D eigenvalue weighted by Crippen LogP contribution is -2.28. The number of carbonyl (C=O) groups is 1. The molecule has 0 fully saturated rings. The van der Waals surface area contributed by atoms with Crippen molar-refractivity contribution in [3.63, 3.8) is 0 Å². The molecule has 3 aromatic heterocycles. The van der Waals surface area contributed by atoms with Crippen molar-refractivity contribution in [3.8, 4) is 0 Å². The van der Waals surface area contributed by atoms with Crippen LogP contribution in [0.1, 0.15) is 22.2 Å². The number of carbonyl (C=O) groups excluding carboxylic acids is 1. The molecule has 0 aliphatic carbocycles. The van der Waals surface area contributed by atoms with E-state index in [1.807, 2.05) is 35.0 Å². The van der Waals surface area contributed by atoms with Gasteiger partial charge in [0.25, 0.3) is 11.5 Å². The van der Waals surface area contributed by atoms with Crippen LogP contribution in [0.5, 0.6) is 0 Å². The maximum Gasteiger partial charge on any atom is 0.253 e. The van der Waals surface area contributed by atoms with Crippen molar-refractivity contribution in [2.75, 3.05) is 11.5 Å². The molecule has 27 heavy (non-hydrogen) atoms. The Balaban J connectivity index is 1.54. The van der Waals surface area contributed by atoms with E-state index < -0.39 is 0 Å². The molecule has 4 heterocycles. The third-order valence-electron chi connectivity index (χ3n) is 3.92. The molecule has 0 aromatic carbocycles. The second-order valence-corrected chi connectivity index (χ2v) is 8.65. The Morgan fingerprint density at radius 2 is 2.15 bits per heavy atom. The highest BCUT2D eigenvalue weighted by molar-refractivity contribution is 7.99. The van der Waals surface area contributed by atoms with Gasteiger partial charge in [-0.05, 0) is 22.9 Å². The molecule has 1 aliphatic rings. The predicted octanol–water partition coefficient (Wildman–Crippen LogP) is 2.95. The first kappa shape index (κ1) is 18.0. The van der Waals surface area contributed by atoms with Crippen molar-refractivity contribution in [3.05, 3.63) is 61.2 Å². The van der Waals surface area contributed by atoms with Gasteiger partial charge in [0.2, 0.25) is 0 Å². The minimum absolute atomic E-state index is 0.107. The predicted molar refractivity (Wildman–Crippen MR) is 109 cm³/mol. The molecular formula is C17H15N5O2S3. The lowest BCUT2D eigenvalue weighted by atomic mass is 10.1. The molecular weight excluding hydrogens is 402 g/mol. The number of rotatable bonds is 5. The van der Waals surface area contributed by atoms with Crippen LogP contribution in [0.3, 0.4) is 0 Å². The van der Waals surface area contributed by atoms with Gasteiger partial charge in [-0.3, -0.25) is 9.59 Å². The summed E-state index contributed by atoms with van der Waals surface area (Å²) < 4.78 is 0. The molecule has 0 saturated carbocycles. The summed E-state index contributed by atoms with van der Waals surface area (Å²) in [5.74, 6) is 0.0922. The van der Waals surface area contributed by atoms with Gasteiger partial charge in [-0.15, -0.1) is 22.7 Å². The van der Waals surface area contributed by atoms with Crippen molar-refractivity contribution in [2.45, 2.75) is 17.6 Å². The molecule has 0 radical (unpaired) electrons. The van der Waals surface area contributed by atoms with Gasteiger partial charge < -0.3 is 10.7 Å². The summed E-state index contributed by atoms with van der Waals surface area (Å²) in [6.07, 6.45) is 0.685. The fraction of sp³-hybridized carbons (Fsp3) is 0.176. The molecule has 1 amide bonds. The summed E-state index contributed by atoms with van der Waals surface area (Å²) in [6, 6.07) is 9.08. The van der Waals surface area contributed by atoms with E-state index in [4.69, 9.17) is 5.73 Å². The van der Waals surface area contributed by atoms with Gasteiger partial charge in [-0.2, -0.15) is 5.10 Å². The minimum atomic E-state index is -0.340. The molecule has 1 atom stereocenters. The Hall–Kier alpha value is -2.43. The van der Waals surface area contributed by atoms with Gasteiger partial charge in [0.1, 0.15) is 5.82 Å². The number of hydrazone groups is 1. The van der Waals surface area contributed by atoms with E-state index in [1.54, 1.807) is 27.7 Å². The van der Waals surface area contributed by atoms with Crippen LogP contribution in [-0.4, -0.2) is 32.3 Å². The largest absolute Gasteiger partial charge is 0.383 e. The van der Waals surface area contributed by atoms with Crippen molar-refractivity contribution in [1.29, 1.82) is 0 Å². The number of hydrogen-bond donors (Lipinski definition) is 2. The molecule has 1 unspecified atom stereocenters. The van der Waals surface area contributed by atoms with E-state index in [-0.39, 0.29) is 29.1 Å². The molecule has 3 aromatic rings. The molecule has 138 valence electrons. The Bertz CT molecular complexity index is 1030. The van der Waals surface area contributed by atoms with Crippen LogP contribution < -0.4 is 11.3 Å². The fourth-order valence-corrected chi connectivity index (χ4v) is 5.02. The first-order chi connectivity index (χ1) is 13.1. The molecule has 0 saturated heterocycles. The normalized spacial score (nSPS) is 16.5. The second-order valence-electron chi connectivity index (χ2n) is 5.76. The standard InChI is InChI=1S/C17H15N5O2S3/c18-14-8-15(23)20-17(19-14)27-9-16(24)22-11(13-4-2-6-26-13)7-10(21-22)12-3-1-5-25-12/h1-6,8,11H,7,9H2,(H3,18,19,20,23). The van der Waals surface area contributed by atoms with Gasteiger partial charge in [-0.1, -0.05) is 23.9 Å². The van der Waals surface area contributed by atoms with Gasteiger partial charge in [0.05, 0.1) is 22.4 Å². The van der Waals surface area contributed by atoms with Crippen LogP contribution in [0.2, 0.25) is 0 Å². The smallest absolute Gasteiger partial charge is 0.253 e. The highest BCUT2D eigenvalue weighted by atomic mass is 32.2. The summed E-state index contributed by atoms with van der Waals surface area (Å²) >= 11 is 4.37. The van der Waals surface area contributed by atoms with Crippen LogP contribution in [-0.2, 0) is 4.79 Å². The maximum atomic E-state index is 12.9. The van der Waals surface area contributed by atoms with Crippen molar-refractivity contribution in [2.24, 2.45) is 5.10 Å². The summed E-state index contributed by atoms with van der Waals surface area (Å²) in [6.45, 7) is 0. The number of nitrogen functional groups attached to an aromatic ring is 1. The third kappa shape index (κ3) is 3.97. The van der Waals surface area contributed by atoms with E-state index >= 15 is 0 Å². The molecule has 3 N–H and O–H groups in total. The number of thioether (sulfide) groups is 1. The maximum absolute atomic E-state index is 12.9. The topological polar surface area (TPSA) is 104 Å². The lowest BCUT2D eigenvalue weighted by Gasteiger charge is -2.20. The average Bonchev–Trinajstić information content (AvgIpc) is 3.39. The zero-order valence-corrected chi connectivity index (χ0v) is 16.4. The quantitative estimate of drug-likeness (QED) is 0.491. The number of nitrogens with one attached hydrogen (secondary N) is 1. The molecule has 10 heteroatoms. The van der Waals surface area contributed by atoms with Crippen LogP contribution in [0.4, 0.5) is 5.82 Å². The Kier molecular flexibility index (Phi) is 5.10. The minimum Gasteiger partial charge on any atom is -0.383 e. The summed E-state index contributed by atoms with van der Waals surface area (Å²) in [5.41, 5.74) is 6.16. The number of thiophene rings is 2. The van der Waals surface area contributed by atoms with Gasteiger partial charge in [0.15, 0.2) is 5.16 Å². The SMILES string of the molecule is Nc1cc(=O)[nH]c(SCC(=O)N2N=C(c3cccs3)CC2c2cccs2)n1. The zero-order valence-electron chi connectivity index (χ0n) is 14.0. The summed E-state index contributed by atoms with van der Waals surface area (Å²) in [7, 11) is 0. The first-order valence-corrected chi connectivity index (χ1v) is 10.8. The van der Waals surface area contributed by atoms with Crippen LogP contribution in [0.25, 0.3) is 0 Å². The third-order valence-corrected chi connectivity index (χ3v) is 6.67. The Morgan fingerprint density at radius 3 is 2.85 bits per heavy atom. The van der Waals surface area contributed by atoms with Crippen molar-refractivity contribution in [1.82, 2.24) is 15.0 Å². The second kappa shape index (κ2) is 7.67. The number of nitrogens with two attached hydrogens (primary N) is 1. The van der Waals surface area contributed by atoms with Crippen molar-refractivity contribution < 1.29 is 4.79 Å². The molecule has 7 nitrogen and oxygen atoms in total. The number of aromatic amines is 1. The summed E-state index contributed by atoms with van der Waals surface area (Å²) in [5, 5.41) is 10.5. The van der Waals surface area contributed by atoms with Crippen LogP contribution in [0, 0.1) is 0 Å². The number of aromatic nitrogens is 2. The monoisotopic (exact) mass is 417 g/mol. The van der Waals surface area contributed by atoms with E-state index in [2.05, 4.69) is 15.1 Å². The number of nitrogens with zero attached hydrogens (tertiary/aromatic N) is 3. The first-order valence-electron chi connectivity index (χ1n) is 8.06. The van der Waals surface area contributed by atoms with Crippen LogP contribution >= 0.6 is 34.4 Å². The Morgan fingerprint density at radius 1 is 1.33 bits per heavy atom.